The van der Waals surface area contributed by atoms with Crippen LogP contribution >= 0.6 is 11.3 Å². The van der Waals surface area contributed by atoms with Crippen molar-refractivity contribution in [2.75, 3.05) is 7.05 Å². The summed E-state index contributed by atoms with van der Waals surface area (Å²) in [5.41, 5.74) is 2.46. The van der Waals surface area contributed by atoms with Crippen molar-refractivity contribution in [3.05, 3.63) is 83.6 Å². The summed E-state index contributed by atoms with van der Waals surface area (Å²) in [6.45, 7) is 0.200. The molecule has 3 heterocycles. The van der Waals surface area contributed by atoms with Crippen molar-refractivity contribution in [1.82, 2.24) is 24.8 Å². The van der Waals surface area contributed by atoms with Crippen LogP contribution in [0.5, 0.6) is 0 Å². The number of aromatic nitrogens is 3. The van der Waals surface area contributed by atoms with E-state index < -0.39 is 10.0 Å². The number of carbonyl (C=O) groups excluding carboxylic acids is 1. The van der Waals surface area contributed by atoms with Gasteiger partial charge in [-0.1, -0.05) is 18.2 Å². The molecule has 0 aliphatic heterocycles. The van der Waals surface area contributed by atoms with Gasteiger partial charge in [0.2, 0.25) is 10.0 Å². The number of thiophene rings is 1. The molecule has 0 bridgehead atoms. The summed E-state index contributed by atoms with van der Waals surface area (Å²) in [7, 11) is -2.14. The normalized spacial score (nSPS) is 11.4. The smallest absolute Gasteiger partial charge is 0.255 e. The Morgan fingerprint density at radius 2 is 1.90 bits per heavy atom. The first kappa shape index (κ1) is 20.9. The Bertz CT molecular complexity index is 1300. The summed E-state index contributed by atoms with van der Waals surface area (Å²) in [5.74, 6) is -0.313. The van der Waals surface area contributed by atoms with Gasteiger partial charge in [-0.2, -0.15) is 5.10 Å². The Morgan fingerprint density at radius 3 is 2.61 bits per heavy atom. The standard InChI is InChI=1S/C21H19N5O3S2/c1-22-31(28,29)19-10-9-17(30-19)13-24-21(27)18-14-26(16-7-3-2-4-8-16)25-20(18)15-6-5-11-23-12-15/h2-12,14,22H,13H2,1H3,(H,24,27). The Hall–Kier alpha value is -3.34. The third-order valence-corrected chi connectivity index (χ3v) is 7.50. The third-order valence-electron chi connectivity index (χ3n) is 4.51. The lowest BCUT2D eigenvalue weighted by atomic mass is 10.1. The lowest BCUT2D eigenvalue weighted by Gasteiger charge is -2.04. The van der Waals surface area contributed by atoms with E-state index in [2.05, 4.69) is 20.1 Å². The number of sulfonamides is 1. The van der Waals surface area contributed by atoms with Crippen molar-refractivity contribution in [1.29, 1.82) is 0 Å². The maximum atomic E-state index is 13.0. The van der Waals surface area contributed by atoms with E-state index in [0.29, 0.717) is 11.3 Å². The Balaban J connectivity index is 1.61. The predicted molar refractivity (Wildman–Crippen MR) is 119 cm³/mol. The number of para-hydroxylation sites is 1. The molecular formula is C21H19N5O3S2. The van der Waals surface area contributed by atoms with Crippen LogP contribution in [-0.4, -0.2) is 36.1 Å². The lowest BCUT2D eigenvalue weighted by Crippen LogP contribution is -2.22. The number of hydrogen-bond donors (Lipinski definition) is 2. The number of rotatable bonds is 7. The van der Waals surface area contributed by atoms with Crippen molar-refractivity contribution in [2.45, 2.75) is 10.8 Å². The van der Waals surface area contributed by atoms with Gasteiger partial charge in [0.1, 0.15) is 9.90 Å². The minimum Gasteiger partial charge on any atom is -0.347 e. The van der Waals surface area contributed by atoms with Crippen molar-refractivity contribution in [2.24, 2.45) is 0 Å². The first-order chi connectivity index (χ1) is 15.0. The number of carbonyl (C=O) groups is 1. The van der Waals surface area contributed by atoms with E-state index in [1.807, 2.05) is 36.4 Å². The zero-order valence-electron chi connectivity index (χ0n) is 16.5. The van der Waals surface area contributed by atoms with Crippen LogP contribution < -0.4 is 10.0 Å². The highest BCUT2D eigenvalue weighted by atomic mass is 32.2. The minimum atomic E-state index is -3.50. The Labute approximate surface area is 183 Å². The molecule has 1 aromatic carbocycles. The minimum absolute atomic E-state index is 0.200. The van der Waals surface area contributed by atoms with E-state index in [1.54, 1.807) is 35.4 Å². The number of nitrogens with zero attached hydrogens (tertiary/aromatic N) is 3. The van der Waals surface area contributed by atoms with Gasteiger partial charge in [0.15, 0.2) is 0 Å². The zero-order chi connectivity index (χ0) is 21.8. The summed E-state index contributed by atoms with van der Waals surface area (Å²) >= 11 is 1.11. The Kier molecular flexibility index (Phi) is 5.94. The van der Waals surface area contributed by atoms with Crippen LogP contribution in [-0.2, 0) is 16.6 Å². The molecule has 0 radical (unpaired) electrons. The molecule has 10 heteroatoms. The van der Waals surface area contributed by atoms with Gasteiger partial charge in [0.25, 0.3) is 5.91 Å². The molecule has 0 saturated carbocycles. The fourth-order valence-electron chi connectivity index (χ4n) is 2.93. The van der Waals surface area contributed by atoms with E-state index in [4.69, 9.17) is 0 Å². The van der Waals surface area contributed by atoms with Gasteiger partial charge in [-0.15, -0.1) is 11.3 Å². The summed E-state index contributed by atoms with van der Waals surface area (Å²) in [6, 6.07) is 16.3. The zero-order valence-corrected chi connectivity index (χ0v) is 18.2. The van der Waals surface area contributed by atoms with Crippen molar-refractivity contribution in [3.63, 3.8) is 0 Å². The van der Waals surface area contributed by atoms with Crippen molar-refractivity contribution >= 4 is 27.3 Å². The van der Waals surface area contributed by atoms with Gasteiger partial charge in [0, 0.05) is 29.0 Å². The first-order valence-electron chi connectivity index (χ1n) is 9.34. The molecule has 4 aromatic rings. The predicted octanol–water partition coefficient (Wildman–Crippen LogP) is 2.83. The number of hydrogen-bond acceptors (Lipinski definition) is 6. The largest absolute Gasteiger partial charge is 0.347 e. The van der Waals surface area contributed by atoms with Crippen LogP contribution in [0.1, 0.15) is 15.2 Å². The number of nitrogens with one attached hydrogen (secondary N) is 2. The molecule has 3 aromatic heterocycles. The van der Waals surface area contributed by atoms with Gasteiger partial charge >= 0.3 is 0 Å². The molecule has 158 valence electrons. The third kappa shape index (κ3) is 4.55. The van der Waals surface area contributed by atoms with Gasteiger partial charge in [-0.25, -0.2) is 17.8 Å². The second-order valence-corrected chi connectivity index (χ2v) is 9.81. The quantitative estimate of drug-likeness (QED) is 0.448. The molecule has 1 amide bonds. The molecular weight excluding hydrogens is 434 g/mol. The molecule has 0 atom stereocenters. The van der Waals surface area contributed by atoms with Crippen LogP contribution in [0.15, 0.2) is 77.4 Å². The van der Waals surface area contributed by atoms with Crippen molar-refractivity contribution < 1.29 is 13.2 Å². The molecule has 2 N–H and O–H groups in total. The van der Waals surface area contributed by atoms with Gasteiger partial charge in [-0.3, -0.25) is 9.78 Å². The van der Waals surface area contributed by atoms with E-state index in [9.17, 15) is 13.2 Å². The number of pyridine rings is 1. The summed E-state index contributed by atoms with van der Waals surface area (Å²) < 4.78 is 28.0. The topological polar surface area (TPSA) is 106 Å². The molecule has 0 aliphatic rings. The van der Waals surface area contributed by atoms with Gasteiger partial charge in [0.05, 0.1) is 17.8 Å². The molecule has 0 saturated heterocycles. The lowest BCUT2D eigenvalue weighted by molar-refractivity contribution is 0.0952. The van der Waals surface area contributed by atoms with Crippen LogP contribution in [0.4, 0.5) is 0 Å². The molecule has 8 nitrogen and oxygen atoms in total. The monoisotopic (exact) mass is 453 g/mol. The highest BCUT2D eigenvalue weighted by molar-refractivity contribution is 7.91. The van der Waals surface area contributed by atoms with E-state index >= 15 is 0 Å². The van der Waals surface area contributed by atoms with E-state index in [1.165, 1.54) is 13.1 Å². The number of amides is 1. The molecule has 0 aliphatic carbocycles. The molecule has 0 unspecified atom stereocenters. The van der Waals surface area contributed by atoms with E-state index in [0.717, 1.165) is 27.5 Å². The van der Waals surface area contributed by atoms with Gasteiger partial charge < -0.3 is 5.32 Å². The second kappa shape index (κ2) is 8.80. The highest BCUT2D eigenvalue weighted by Gasteiger charge is 2.20. The Morgan fingerprint density at radius 1 is 1.10 bits per heavy atom. The second-order valence-electron chi connectivity index (χ2n) is 6.52. The summed E-state index contributed by atoms with van der Waals surface area (Å²) in [5, 5.41) is 7.46. The first-order valence-corrected chi connectivity index (χ1v) is 11.6. The number of benzene rings is 1. The maximum Gasteiger partial charge on any atom is 0.255 e. The maximum absolute atomic E-state index is 13.0. The molecule has 4 rings (SSSR count). The molecule has 0 spiro atoms. The van der Waals surface area contributed by atoms with Gasteiger partial charge in [-0.05, 0) is 43.4 Å². The van der Waals surface area contributed by atoms with E-state index in [-0.39, 0.29) is 16.7 Å². The van der Waals surface area contributed by atoms with Crippen LogP contribution in [0.3, 0.4) is 0 Å². The van der Waals surface area contributed by atoms with Crippen LogP contribution in [0.25, 0.3) is 16.9 Å². The summed E-state index contributed by atoms with van der Waals surface area (Å²) in [6.07, 6.45) is 4.99. The fraction of sp³-hybridized carbons (Fsp3) is 0.0952. The molecule has 31 heavy (non-hydrogen) atoms. The average Bonchev–Trinajstić information content (AvgIpc) is 3.47. The molecule has 0 fully saturated rings. The van der Waals surface area contributed by atoms with Crippen molar-refractivity contribution in [3.8, 4) is 16.9 Å². The summed E-state index contributed by atoms with van der Waals surface area (Å²) in [4.78, 5) is 17.9. The van der Waals surface area contributed by atoms with Crippen LogP contribution in [0.2, 0.25) is 0 Å². The van der Waals surface area contributed by atoms with Crippen LogP contribution in [0, 0.1) is 0 Å². The average molecular weight is 454 g/mol. The fourth-order valence-corrected chi connectivity index (χ4v) is 5.06. The SMILES string of the molecule is CNS(=O)(=O)c1ccc(CNC(=O)c2cn(-c3ccccc3)nc2-c2cccnc2)s1. The highest BCUT2D eigenvalue weighted by Crippen LogP contribution is 2.24.